The maximum absolute atomic E-state index is 12.5. The molecule has 0 aliphatic heterocycles. The SMILES string of the molecule is CC(C)NCc1occc1Cn1cc(C(F)(F)F)cn1. The summed E-state index contributed by atoms with van der Waals surface area (Å²) in [6, 6.07) is 2.04. The predicted molar refractivity (Wildman–Crippen MR) is 67.0 cm³/mol. The third-order valence-corrected chi connectivity index (χ3v) is 2.80. The molecule has 4 nitrogen and oxygen atoms in total. The summed E-state index contributed by atoms with van der Waals surface area (Å²) in [6.45, 7) is 4.80. The van der Waals surface area contributed by atoms with E-state index in [-0.39, 0.29) is 6.54 Å². The standard InChI is InChI=1S/C13H16F3N3O/c1-9(2)17-6-12-10(3-4-20-12)7-19-8-11(5-18-19)13(14,15)16/h3-5,8-9,17H,6-7H2,1-2H3. The molecule has 0 aliphatic rings. The van der Waals surface area contributed by atoms with Crippen LogP contribution in [0.3, 0.4) is 0 Å². The van der Waals surface area contributed by atoms with Crippen LogP contribution in [0, 0.1) is 0 Å². The summed E-state index contributed by atoms with van der Waals surface area (Å²) in [5, 5.41) is 6.93. The van der Waals surface area contributed by atoms with Gasteiger partial charge in [0.2, 0.25) is 0 Å². The highest BCUT2D eigenvalue weighted by Gasteiger charge is 2.32. The van der Waals surface area contributed by atoms with Crippen LogP contribution >= 0.6 is 0 Å². The summed E-state index contributed by atoms with van der Waals surface area (Å²) in [5.41, 5.74) is 0.0674. The highest BCUT2D eigenvalue weighted by Crippen LogP contribution is 2.28. The Morgan fingerprint density at radius 3 is 2.75 bits per heavy atom. The zero-order valence-electron chi connectivity index (χ0n) is 11.2. The minimum atomic E-state index is -4.36. The van der Waals surface area contributed by atoms with Crippen molar-refractivity contribution in [3.63, 3.8) is 0 Å². The van der Waals surface area contributed by atoms with E-state index >= 15 is 0 Å². The van der Waals surface area contributed by atoms with Gasteiger partial charge in [0.1, 0.15) is 5.76 Å². The molecular formula is C13H16F3N3O. The van der Waals surface area contributed by atoms with Gasteiger partial charge >= 0.3 is 6.18 Å². The Labute approximate surface area is 114 Å². The molecule has 0 amide bonds. The van der Waals surface area contributed by atoms with Crippen molar-refractivity contribution in [1.82, 2.24) is 15.1 Å². The second-order valence-corrected chi connectivity index (χ2v) is 4.83. The van der Waals surface area contributed by atoms with Crippen LogP contribution in [0.4, 0.5) is 13.2 Å². The molecule has 0 bridgehead atoms. The van der Waals surface area contributed by atoms with Gasteiger partial charge in [0.05, 0.1) is 31.1 Å². The summed E-state index contributed by atoms with van der Waals surface area (Å²) in [5.74, 6) is 0.711. The molecule has 0 radical (unpaired) electrons. The Morgan fingerprint density at radius 1 is 1.40 bits per heavy atom. The number of halogens is 3. The number of nitrogens with one attached hydrogen (secondary N) is 1. The van der Waals surface area contributed by atoms with Crippen LogP contribution < -0.4 is 5.32 Å². The van der Waals surface area contributed by atoms with E-state index in [0.29, 0.717) is 18.3 Å². The molecule has 20 heavy (non-hydrogen) atoms. The van der Waals surface area contributed by atoms with E-state index in [9.17, 15) is 13.2 Å². The molecule has 2 heterocycles. The van der Waals surface area contributed by atoms with Gasteiger partial charge in [0.15, 0.2) is 0 Å². The number of alkyl halides is 3. The maximum Gasteiger partial charge on any atom is 0.419 e. The molecular weight excluding hydrogens is 271 g/mol. The van der Waals surface area contributed by atoms with Crippen molar-refractivity contribution < 1.29 is 17.6 Å². The van der Waals surface area contributed by atoms with Gasteiger partial charge in [-0.05, 0) is 6.07 Å². The van der Waals surface area contributed by atoms with E-state index in [4.69, 9.17) is 4.42 Å². The normalized spacial score (nSPS) is 12.3. The zero-order chi connectivity index (χ0) is 14.8. The molecule has 0 saturated heterocycles. The minimum Gasteiger partial charge on any atom is -0.468 e. The molecule has 0 aromatic carbocycles. The van der Waals surface area contributed by atoms with Crippen LogP contribution in [0.2, 0.25) is 0 Å². The molecule has 0 aliphatic carbocycles. The topological polar surface area (TPSA) is 43.0 Å². The van der Waals surface area contributed by atoms with Gasteiger partial charge in [-0.25, -0.2) is 0 Å². The van der Waals surface area contributed by atoms with Crippen LogP contribution in [-0.2, 0) is 19.3 Å². The van der Waals surface area contributed by atoms with Gasteiger partial charge in [-0.15, -0.1) is 0 Å². The Morgan fingerprint density at radius 2 is 2.15 bits per heavy atom. The number of rotatable bonds is 5. The number of nitrogens with zero attached hydrogens (tertiary/aromatic N) is 2. The van der Waals surface area contributed by atoms with Crippen LogP contribution in [0.25, 0.3) is 0 Å². The van der Waals surface area contributed by atoms with Gasteiger partial charge in [-0.1, -0.05) is 13.8 Å². The fourth-order valence-electron chi connectivity index (χ4n) is 1.73. The van der Waals surface area contributed by atoms with E-state index in [1.54, 1.807) is 6.07 Å². The Kier molecular flexibility index (Phi) is 4.17. The van der Waals surface area contributed by atoms with Crippen LogP contribution in [0.5, 0.6) is 0 Å². The molecule has 0 fully saturated rings. The van der Waals surface area contributed by atoms with E-state index in [0.717, 1.165) is 18.0 Å². The molecule has 0 unspecified atom stereocenters. The zero-order valence-corrected chi connectivity index (χ0v) is 11.2. The summed E-state index contributed by atoms with van der Waals surface area (Å²) in [4.78, 5) is 0. The van der Waals surface area contributed by atoms with Gasteiger partial charge in [0.25, 0.3) is 0 Å². The first-order chi connectivity index (χ1) is 9.36. The average molecular weight is 287 g/mol. The van der Waals surface area contributed by atoms with E-state index < -0.39 is 11.7 Å². The van der Waals surface area contributed by atoms with Crippen LogP contribution in [-0.4, -0.2) is 15.8 Å². The second-order valence-electron chi connectivity index (χ2n) is 4.83. The van der Waals surface area contributed by atoms with Gasteiger partial charge in [-0.2, -0.15) is 18.3 Å². The van der Waals surface area contributed by atoms with Crippen molar-refractivity contribution in [3.05, 3.63) is 41.6 Å². The van der Waals surface area contributed by atoms with Gasteiger partial charge in [0, 0.05) is 17.8 Å². The van der Waals surface area contributed by atoms with Crippen molar-refractivity contribution >= 4 is 0 Å². The lowest BCUT2D eigenvalue weighted by Gasteiger charge is -2.08. The highest BCUT2D eigenvalue weighted by atomic mass is 19.4. The largest absolute Gasteiger partial charge is 0.468 e. The van der Waals surface area contributed by atoms with E-state index in [1.807, 2.05) is 13.8 Å². The minimum absolute atomic E-state index is 0.252. The number of furan rings is 1. The fraction of sp³-hybridized carbons (Fsp3) is 0.462. The first-order valence-corrected chi connectivity index (χ1v) is 6.24. The molecule has 2 rings (SSSR count). The van der Waals surface area contributed by atoms with Crippen molar-refractivity contribution in [3.8, 4) is 0 Å². The van der Waals surface area contributed by atoms with Gasteiger partial charge < -0.3 is 9.73 Å². The first kappa shape index (κ1) is 14.6. The molecule has 2 aromatic rings. The number of hydrogen-bond donors (Lipinski definition) is 1. The smallest absolute Gasteiger partial charge is 0.419 e. The third-order valence-electron chi connectivity index (χ3n) is 2.80. The lowest BCUT2D eigenvalue weighted by atomic mass is 10.2. The fourth-order valence-corrected chi connectivity index (χ4v) is 1.73. The number of hydrogen-bond acceptors (Lipinski definition) is 3. The lowest BCUT2D eigenvalue weighted by Crippen LogP contribution is -2.22. The van der Waals surface area contributed by atoms with Crippen molar-refractivity contribution in [2.45, 2.75) is 39.2 Å². The second kappa shape index (κ2) is 5.70. The maximum atomic E-state index is 12.5. The first-order valence-electron chi connectivity index (χ1n) is 6.24. The Hall–Kier alpha value is -1.76. The van der Waals surface area contributed by atoms with Crippen LogP contribution in [0.1, 0.15) is 30.7 Å². The summed E-state index contributed by atoms with van der Waals surface area (Å²) < 4.78 is 44.1. The van der Waals surface area contributed by atoms with Crippen molar-refractivity contribution in [2.75, 3.05) is 0 Å². The molecule has 1 N–H and O–H groups in total. The predicted octanol–water partition coefficient (Wildman–Crippen LogP) is 3.04. The molecule has 7 heteroatoms. The average Bonchev–Trinajstić information content (AvgIpc) is 2.95. The monoisotopic (exact) mass is 287 g/mol. The molecule has 110 valence electrons. The Balaban J connectivity index is 2.07. The van der Waals surface area contributed by atoms with Crippen molar-refractivity contribution in [1.29, 1.82) is 0 Å². The molecule has 0 atom stereocenters. The van der Waals surface area contributed by atoms with E-state index in [1.165, 1.54) is 10.9 Å². The Bertz CT molecular complexity index is 557. The molecule has 0 spiro atoms. The quantitative estimate of drug-likeness (QED) is 0.919. The lowest BCUT2D eigenvalue weighted by molar-refractivity contribution is -0.137. The highest BCUT2D eigenvalue weighted by molar-refractivity contribution is 5.18. The third kappa shape index (κ3) is 3.63. The summed E-state index contributed by atoms with van der Waals surface area (Å²) in [7, 11) is 0. The van der Waals surface area contributed by atoms with E-state index in [2.05, 4.69) is 10.4 Å². The van der Waals surface area contributed by atoms with Crippen LogP contribution in [0.15, 0.2) is 29.1 Å². The molecule has 0 saturated carbocycles. The number of aromatic nitrogens is 2. The molecule has 2 aromatic heterocycles. The summed E-state index contributed by atoms with van der Waals surface area (Å²) in [6.07, 6.45) is -1.02. The van der Waals surface area contributed by atoms with Crippen molar-refractivity contribution in [2.24, 2.45) is 0 Å². The summed E-state index contributed by atoms with van der Waals surface area (Å²) >= 11 is 0. The van der Waals surface area contributed by atoms with Gasteiger partial charge in [-0.3, -0.25) is 4.68 Å².